The lowest BCUT2D eigenvalue weighted by Gasteiger charge is -2.18. The van der Waals surface area contributed by atoms with Crippen LogP contribution in [0.1, 0.15) is 11.5 Å². The van der Waals surface area contributed by atoms with E-state index in [0.29, 0.717) is 5.92 Å². The van der Waals surface area contributed by atoms with Gasteiger partial charge in [0.15, 0.2) is 0 Å². The van der Waals surface area contributed by atoms with E-state index in [9.17, 15) is 0 Å². The molecule has 0 N–H and O–H groups in total. The normalized spacial score (nSPS) is 14.5. The summed E-state index contributed by atoms with van der Waals surface area (Å²) in [6, 6.07) is 17.6. The minimum atomic E-state index is 0.385. The van der Waals surface area contributed by atoms with Gasteiger partial charge in [-0.25, -0.2) is 0 Å². The lowest BCUT2D eigenvalue weighted by atomic mass is 9.89. The topological polar surface area (TPSA) is 0 Å². The molecule has 0 saturated carbocycles. The number of allylic oxidation sites excluding steroid dienone is 4. The Bertz CT molecular complexity index is 818. The van der Waals surface area contributed by atoms with E-state index < -0.39 is 0 Å². The zero-order valence-electron chi connectivity index (χ0n) is 11.9. The zero-order valence-corrected chi connectivity index (χ0v) is 12.7. The number of benzene rings is 3. The van der Waals surface area contributed by atoms with Crippen LogP contribution in [0.5, 0.6) is 0 Å². The van der Waals surface area contributed by atoms with Gasteiger partial charge in [0.1, 0.15) is 0 Å². The Kier molecular flexibility index (Phi) is 3.08. The first-order valence-electron chi connectivity index (χ1n) is 7.22. The van der Waals surface area contributed by atoms with Crippen molar-refractivity contribution >= 4 is 33.3 Å². The Hall–Kier alpha value is -1.99. The predicted molar refractivity (Wildman–Crippen MR) is 94.3 cm³/mol. The summed E-state index contributed by atoms with van der Waals surface area (Å²) in [6.45, 7) is 0. The summed E-state index contributed by atoms with van der Waals surface area (Å²) in [7, 11) is 0. The largest absolute Gasteiger partial charge is 0.128 e. The Morgan fingerprint density at radius 2 is 1.19 bits per heavy atom. The van der Waals surface area contributed by atoms with E-state index in [4.69, 9.17) is 0 Å². The van der Waals surface area contributed by atoms with Crippen molar-refractivity contribution in [1.29, 1.82) is 0 Å². The van der Waals surface area contributed by atoms with Gasteiger partial charge in [-0.2, -0.15) is 0 Å². The van der Waals surface area contributed by atoms with E-state index in [1.54, 1.807) is 0 Å². The fraction of sp³-hybridized carbons (Fsp3) is 0.100. The Labute approximate surface area is 129 Å². The molecule has 0 saturated heterocycles. The Morgan fingerprint density at radius 1 is 0.714 bits per heavy atom. The highest BCUT2D eigenvalue weighted by Crippen LogP contribution is 2.42. The van der Waals surface area contributed by atoms with Crippen LogP contribution in [-0.4, -0.2) is 6.26 Å². The molecule has 102 valence electrons. The fourth-order valence-electron chi connectivity index (χ4n) is 3.33. The third kappa shape index (κ3) is 1.92. The maximum absolute atomic E-state index is 2.28. The molecule has 1 aliphatic rings. The van der Waals surface area contributed by atoms with Crippen LogP contribution >= 0.6 is 11.8 Å². The minimum Gasteiger partial charge on any atom is -0.128 e. The molecule has 21 heavy (non-hydrogen) atoms. The van der Waals surface area contributed by atoms with Crippen LogP contribution < -0.4 is 0 Å². The Balaban J connectivity index is 2.23. The van der Waals surface area contributed by atoms with Crippen molar-refractivity contribution in [2.24, 2.45) is 0 Å². The number of rotatable bonds is 2. The summed E-state index contributed by atoms with van der Waals surface area (Å²) in [5.41, 5.74) is 1.43. The van der Waals surface area contributed by atoms with Gasteiger partial charge in [0, 0.05) is 10.8 Å². The monoisotopic (exact) mass is 288 g/mol. The highest BCUT2D eigenvalue weighted by Gasteiger charge is 2.17. The molecule has 4 rings (SSSR count). The molecule has 1 heteroatoms. The molecular weight excluding hydrogens is 272 g/mol. The second-order valence-corrected chi connectivity index (χ2v) is 6.15. The summed E-state index contributed by atoms with van der Waals surface area (Å²) in [6.07, 6.45) is 11.0. The fourth-order valence-corrected chi connectivity index (χ4v) is 4.12. The van der Waals surface area contributed by atoms with Crippen molar-refractivity contribution in [2.75, 3.05) is 6.26 Å². The zero-order chi connectivity index (χ0) is 14.2. The summed E-state index contributed by atoms with van der Waals surface area (Å²) in [5.74, 6) is 0.385. The standard InChI is InChI=1S/C20H16S/c1-21-20-17-12-6-4-10-15(17)19(14-8-2-3-9-14)16-11-5-7-13-18(16)20/h2-14H,1H3. The quantitative estimate of drug-likeness (QED) is 0.416. The van der Waals surface area contributed by atoms with E-state index >= 15 is 0 Å². The first-order valence-corrected chi connectivity index (χ1v) is 8.45. The molecule has 1 aliphatic carbocycles. The van der Waals surface area contributed by atoms with Gasteiger partial charge in [0.25, 0.3) is 0 Å². The van der Waals surface area contributed by atoms with E-state index in [1.807, 2.05) is 11.8 Å². The number of hydrogen-bond donors (Lipinski definition) is 0. The Morgan fingerprint density at radius 3 is 1.67 bits per heavy atom. The molecule has 0 spiro atoms. The molecule has 0 heterocycles. The van der Waals surface area contributed by atoms with Crippen LogP contribution in [0.25, 0.3) is 21.5 Å². The third-order valence-electron chi connectivity index (χ3n) is 4.21. The molecule has 0 fully saturated rings. The van der Waals surface area contributed by atoms with E-state index in [2.05, 4.69) is 79.1 Å². The smallest absolute Gasteiger partial charge is 0.0226 e. The van der Waals surface area contributed by atoms with Crippen LogP contribution in [0.15, 0.2) is 77.7 Å². The summed E-state index contributed by atoms with van der Waals surface area (Å²) in [5, 5.41) is 5.49. The molecule has 0 nitrogen and oxygen atoms in total. The van der Waals surface area contributed by atoms with Gasteiger partial charge in [-0.3, -0.25) is 0 Å². The molecule has 3 aromatic carbocycles. The first kappa shape index (κ1) is 12.7. The summed E-state index contributed by atoms with van der Waals surface area (Å²) in [4.78, 5) is 1.39. The average molecular weight is 288 g/mol. The van der Waals surface area contributed by atoms with E-state index in [1.165, 1.54) is 32.0 Å². The minimum absolute atomic E-state index is 0.385. The lowest BCUT2D eigenvalue weighted by molar-refractivity contribution is 1.14. The number of hydrogen-bond acceptors (Lipinski definition) is 1. The van der Waals surface area contributed by atoms with Crippen molar-refractivity contribution in [3.05, 3.63) is 78.4 Å². The highest BCUT2D eigenvalue weighted by atomic mass is 32.2. The molecule has 0 aromatic heterocycles. The van der Waals surface area contributed by atoms with Gasteiger partial charge >= 0.3 is 0 Å². The van der Waals surface area contributed by atoms with Crippen molar-refractivity contribution < 1.29 is 0 Å². The highest BCUT2D eigenvalue weighted by molar-refractivity contribution is 7.99. The van der Waals surface area contributed by atoms with Gasteiger partial charge in [-0.1, -0.05) is 72.8 Å². The number of fused-ring (bicyclic) bond motifs is 2. The van der Waals surface area contributed by atoms with Crippen LogP contribution in [0.3, 0.4) is 0 Å². The maximum atomic E-state index is 2.28. The SMILES string of the molecule is CSc1c2ccccc2c(C2C=CC=C2)c2ccccc12. The lowest BCUT2D eigenvalue weighted by Crippen LogP contribution is -1.95. The second-order valence-electron chi connectivity index (χ2n) is 5.33. The average Bonchev–Trinajstić information content (AvgIpc) is 3.06. The van der Waals surface area contributed by atoms with Gasteiger partial charge in [0.2, 0.25) is 0 Å². The van der Waals surface area contributed by atoms with Crippen molar-refractivity contribution in [3.8, 4) is 0 Å². The molecule has 0 unspecified atom stereocenters. The number of thioether (sulfide) groups is 1. The van der Waals surface area contributed by atoms with Gasteiger partial charge in [-0.15, -0.1) is 11.8 Å². The first-order chi connectivity index (χ1) is 10.4. The molecule has 0 atom stereocenters. The molecule has 0 aliphatic heterocycles. The molecule has 0 amide bonds. The van der Waals surface area contributed by atoms with Gasteiger partial charge in [-0.05, 0) is 33.4 Å². The second kappa shape index (κ2) is 5.09. The molecule has 0 bridgehead atoms. The molecular formula is C20H16S. The van der Waals surface area contributed by atoms with Crippen molar-refractivity contribution in [1.82, 2.24) is 0 Å². The van der Waals surface area contributed by atoms with Crippen LogP contribution in [0, 0.1) is 0 Å². The molecule has 3 aromatic rings. The predicted octanol–water partition coefficient (Wildman–Crippen LogP) is 5.92. The van der Waals surface area contributed by atoms with E-state index in [0.717, 1.165) is 0 Å². The van der Waals surface area contributed by atoms with Gasteiger partial charge in [0.05, 0.1) is 0 Å². The third-order valence-corrected chi connectivity index (χ3v) is 5.06. The van der Waals surface area contributed by atoms with Crippen LogP contribution in [0.2, 0.25) is 0 Å². The maximum Gasteiger partial charge on any atom is 0.0226 e. The summed E-state index contributed by atoms with van der Waals surface area (Å²) < 4.78 is 0. The van der Waals surface area contributed by atoms with Crippen LogP contribution in [0.4, 0.5) is 0 Å². The van der Waals surface area contributed by atoms with E-state index in [-0.39, 0.29) is 0 Å². The van der Waals surface area contributed by atoms with Gasteiger partial charge < -0.3 is 0 Å². The van der Waals surface area contributed by atoms with Crippen LogP contribution in [-0.2, 0) is 0 Å². The van der Waals surface area contributed by atoms with Crippen molar-refractivity contribution in [3.63, 3.8) is 0 Å². The van der Waals surface area contributed by atoms with Crippen molar-refractivity contribution in [2.45, 2.75) is 10.8 Å². The summed E-state index contributed by atoms with van der Waals surface area (Å²) >= 11 is 1.84. The molecule has 0 radical (unpaired) electrons.